The molecule has 0 aliphatic carbocycles. The van der Waals surface area contributed by atoms with Crippen LogP contribution < -0.4 is 39.2 Å². The van der Waals surface area contributed by atoms with Crippen molar-refractivity contribution in [2.24, 2.45) is 0 Å². The number of hydrogen-bond donors (Lipinski definition) is 5. The SMILES string of the molecule is CCCCN(CCCC)c1nc(N(CCCC)CCCC)nc(N(CCCCCCN(C)C2CC(C)(C)N(O)C(C)(C)C2)C2CC(C)(C)N(O)C(C)(C)C2)n1.CCCCN(CCCC)c1nc(N(CCCC)CCCC)nc(N(CCCCCCN(c2nc(C)nc(N(CCCC)C3CC(C)(C)N(O)C(C)(C)C3)n2)C2CC(C)(C)N(O)C(C)(C)C2)C2CC(C)(C)N(O)C(C)(C)C2)n1. The Balaban J connectivity index is 0.000000382. The summed E-state index contributed by atoms with van der Waals surface area (Å²) in [5.74, 6) is 6.93. The van der Waals surface area contributed by atoms with Gasteiger partial charge in [0.15, 0.2) is 0 Å². The Labute approximate surface area is 806 Å². The molecule has 0 amide bonds. The van der Waals surface area contributed by atoms with Crippen LogP contribution in [0.25, 0.3) is 0 Å². The van der Waals surface area contributed by atoms with Gasteiger partial charge in [0.1, 0.15) is 5.82 Å². The molecular weight excluding hydrogens is 1650 g/mol. The third-order valence-electron chi connectivity index (χ3n) is 29.8. The summed E-state index contributed by atoms with van der Waals surface area (Å²) in [6, 6.07) is 0.985. The van der Waals surface area contributed by atoms with Gasteiger partial charge in [0.2, 0.25) is 47.6 Å². The first-order valence-electron chi connectivity index (χ1n) is 53.4. The van der Waals surface area contributed by atoms with Crippen molar-refractivity contribution in [3.8, 4) is 0 Å². The molecule has 132 heavy (non-hydrogen) atoms. The van der Waals surface area contributed by atoms with Gasteiger partial charge in [-0.05, 0) is 307 Å². The zero-order valence-electron chi connectivity index (χ0n) is 90.6. The summed E-state index contributed by atoms with van der Waals surface area (Å²) in [4.78, 5) is 70.2. The van der Waals surface area contributed by atoms with Crippen LogP contribution in [0.1, 0.15) is 438 Å². The number of piperidine rings is 5. The molecule has 3 aromatic heterocycles. The van der Waals surface area contributed by atoms with E-state index in [0.29, 0.717) is 23.8 Å². The first-order chi connectivity index (χ1) is 61.9. The minimum absolute atomic E-state index is 0.0906. The summed E-state index contributed by atoms with van der Waals surface area (Å²) < 4.78 is 0. The predicted octanol–water partition coefficient (Wildman–Crippen LogP) is 22.7. The van der Waals surface area contributed by atoms with Crippen molar-refractivity contribution in [3.63, 3.8) is 0 Å². The molecule has 28 heteroatoms. The number of hydroxylamine groups is 10. The highest BCUT2D eigenvalue weighted by Crippen LogP contribution is 2.47. The van der Waals surface area contributed by atoms with E-state index in [1.165, 1.54) is 6.42 Å². The molecule has 28 nitrogen and oxygen atoms in total. The van der Waals surface area contributed by atoms with E-state index in [0.717, 1.165) is 346 Å². The molecule has 3 aromatic rings. The first kappa shape index (κ1) is 114. The summed E-state index contributed by atoms with van der Waals surface area (Å²) in [5.41, 5.74) is -3.90. The Morgan fingerprint density at radius 1 is 0.212 bits per heavy atom. The topological polar surface area (TPSA) is 263 Å². The second kappa shape index (κ2) is 50.7. The van der Waals surface area contributed by atoms with Crippen molar-refractivity contribution in [1.29, 1.82) is 0 Å². The molecule has 0 bridgehead atoms. The first-order valence-corrected chi connectivity index (χ1v) is 53.4. The van der Waals surface area contributed by atoms with Crippen LogP contribution in [-0.2, 0) is 0 Å². The zero-order chi connectivity index (χ0) is 98.2. The summed E-state index contributed by atoms with van der Waals surface area (Å²) in [6.45, 7) is 77.2. The maximum atomic E-state index is 11.6. The lowest BCUT2D eigenvalue weighted by Gasteiger charge is -2.54. The van der Waals surface area contributed by atoms with E-state index in [4.69, 9.17) is 44.9 Å². The lowest BCUT2D eigenvalue weighted by atomic mass is 9.78. The summed E-state index contributed by atoms with van der Waals surface area (Å²) in [6.07, 6.45) is 36.5. The maximum Gasteiger partial charge on any atom is 0.232 e. The van der Waals surface area contributed by atoms with Crippen molar-refractivity contribution < 1.29 is 26.0 Å². The normalized spacial score (nSPS) is 20.6. The highest BCUT2D eigenvalue weighted by Gasteiger charge is 2.53. The molecule has 762 valence electrons. The highest BCUT2D eigenvalue weighted by atomic mass is 16.5. The molecule has 0 radical (unpaired) electrons. The number of rotatable bonds is 54. The van der Waals surface area contributed by atoms with Crippen LogP contribution in [0.5, 0.6) is 0 Å². The minimum Gasteiger partial charge on any atom is -0.341 e. The van der Waals surface area contributed by atoms with Crippen LogP contribution in [0.2, 0.25) is 0 Å². The molecule has 5 N–H and O–H groups in total. The molecule has 0 spiro atoms. The molecule has 5 aliphatic heterocycles. The largest absolute Gasteiger partial charge is 0.341 e. The van der Waals surface area contributed by atoms with Gasteiger partial charge < -0.3 is 70.1 Å². The Hall–Kier alpha value is -5.01. The molecule has 8 heterocycles. The van der Waals surface area contributed by atoms with E-state index in [1.807, 2.05) is 6.92 Å². The number of anilines is 8. The number of hydrogen-bond acceptors (Lipinski definition) is 28. The van der Waals surface area contributed by atoms with Gasteiger partial charge in [0, 0.05) is 164 Å². The molecule has 0 atom stereocenters. The van der Waals surface area contributed by atoms with Gasteiger partial charge in [-0.3, -0.25) is 0 Å². The van der Waals surface area contributed by atoms with Crippen molar-refractivity contribution >= 4 is 47.6 Å². The molecule has 8 rings (SSSR count). The van der Waals surface area contributed by atoms with Gasteiger partial charge in [-0.25, -0.2) is 0 Å². The third-order valence-corrected chi connectivity index (χ3v) is 29.8. The van der Waals surface area contributed by atoms with Crippen molar-refractivity contribution in [1.82, 2.24) is 75.1 Å². The van der Waals surface area contributed by atoms with E-state index in [9.17, 15) is 26.0 Å². The second-order valence-electron chi connectivity index (χ2n) is 47.2. The van der Waals surface area contributed by atoms with E-state index in [-0.39, 0.29) is 46.3 Å². The monoisotopic (exact) mass is 1850 g/mol. The molecule has 0 saturated carbocycles. The van der Waals surface area contributed by atoms with Crippen molar-refractivity contribution in [2.45, 2.75) is 524 Å². The van der Waals surface area contributed by atoms with E-state index >= 15 is 0 Å². The molecule has 5 saturated heterocycles. The molecule has 5 fully saturated rings. The Kier molecular flexibility index (Phi) is 43.8. The average Bonchev–Trinajstić information content (AvgIpc) is 0.760. The minimum atomic E-state index is -0.461. The van der Waals surface area contributed by atoms with E-state index < -0.39 is 33.2 Å². The maximum absolute atomic E-state index is 11.6. The summed E-state index contributed by atoms with van der Waals surface area (Å²) >= 11 is 0. The molecule has 5 aliphatic rings. The number of unbranched alkanes of at least 4 members (excludes halogenated alkanes) is 15. The van der Waals surface area contributed by atoms with Gasteiger partial charge in [-0.15, -0.1) is 0 Å². The van der Waals surface area contributed by atoms with Crippen LogP contribution in [0.3, 0.4) is 0 Å². The average molecular weight is 1850 g/mol. The fraction of sp³-hybridized carbons (Fsp3) is 0.913. The molecule has 0 aromatic carbocycles. The highest BCUT2D eigenvalue weighted by molar-refractivity contribution is 5.50. The fourth-order valence-corrected chi connectivity index (χ4v) is 22.7. The van der Waals surface area contributed by atoms with Gasteiger partial charge in [0.25, 0.3) is 0 Å². The summed E-state index contributed by atoms with van der Waals surface area (Å²) in [5, 5.41) is 64.5. The van der Waals surface area contributed by atoms with Crippen LogP contribution >= 0.6 is 0 Å². The fourth-order valence-electron chi connectivity index (χ4n) is 22.7. The lowest BCUT2D eigenvalue weighted by molar-refractivity contribution is -0.251. The smallest absolute Gasteiger partial charge is 0.232 e. The second-order valence-corrected chi connectivity index (χ2v) is 47.2. The Bertz CT molecular complexity index is 3630. The third kappa shape index (κ3) is 31.5. The van der Waals surface area contributed by atoms with Crippen LogP contribution in [-0.4, -0.2) is 279 Å². The van der Waals surface area contributed by atoms with Crippen LogP contribution in [0.4, 0.5) is 47.6 Å². The van der Waals surface area contributed by atoms with Gasteiger partial charge >= 0.3 is 0 Å². The number of aryl methyl sites for hydroxylation is 1. The Morgan fingerprint density at radius 3 is 0.561 bits per heavy atom. The number of aromatic nitrogens is 9. The summed E-state index contributed by atoms with van der Waals surface area (Å²) in [7, 11) is 2.27. The van der Waals surface area contributed by atoms with Crippen LogP contribution in [0.15, 0.2) is 0 Å². The zero-order valence-corrected chi connectivity index (χ0v) is 90.6. The Morgan fingerprint density at radius 2 is 0.364 bits per heavy atom. The predicted molar refractivity (Wildman–Crippen MR) is 550 cm³/mol. The van der Waals surface area contributed by atoms with E-state index in [1.54, 1.807) is 25.3 Å². The van der Waals surface area contributed by atoms with Gasteiger partial charge in [0.05, 0.1) is 0 Å². The van der Waals surface area contributed by atoms with Gasteiger partial charge in [-0.2, -0.15) is 70.2 Å². The quantitative estimate of drug-likeness (QED) is 0.0329. The molecular formula is C104H201N23O5. The van der Waals surface area contributed by atoms with Gasteiger partial charge in [-0.1, -0.05) is 146 Å². The van der Waals surface area contributed by atoms with Crippen molar-refractivity contribution in [3.05, 3.63) is 5.82 Å². The van der Waals surface area contributed by atoms with Crippen molar-refractivity contribution in [2.75, 3.05) is 131 Å². The van der Waals surface area contributed by atoms with E-state index in [2.05, 4.69) is 252 Å². The number of nitrogens with zero attached hydrogens (tertiary/aromatic N) is 23. The molecule has 0 unspecified atom stereocenters. The standard InChI is InChI=1S/C60H114N14O3.C44H87N9O2/c1-19-24-33-67(34-25-20-2)50-63-51(68(35-26-21-3)36-27-22-4)65-54(64-50)71(49-44-59(15,16)74(77)60(17,18)45-49)39-32-30-29-31-38-70(48-42-57(11,12)73(76)58(13,14)43-48)53-62-46(6)61-52(66-53)69(37-28-23-5)47-40-55(7,8)72(75)56(9,10)41-47;1-14-18-27-49(28-19-15-2)38-45-39(50(29-20-16-3)30-21-17-4)47-40(46-38)51(37-34-43(9,10)53(55)44(11,12)35-37)31-25-23-22-24-26-48(13)36-32-41(5,6)52(54)42(7,8)33-36/h47-49,75-77H,19-45H2,1-18H3;36-37,54-55H,14-35H2,1-13H3. The van der Waals surface area contributed by atoms with Crippen LogP contribution in [0, 0.1) is 6.92 Å². The lowest BCUT2D eigenvalue weighted by Crippen LogP contribution is -2.63.